The summed E-state index contributed by atoms with van der Waals surface area (Å²) in [4.78, 5) is 24.0. The third-order valence-corrected chi connectivity index (χ3v) is 4.12. The average molecular weight is 342 g/mol. The number of hydrogen-bond acceptors (Lipinski definition) is 5. The highest BCUT2D eigenvalue weighted by Crippen LogP contribution is 2.18. The molecule has 4 aromatic rings. The lowest BCUT2D eigenvalue weighted by Gasteiger charge is -2.05. The van der Waals surface area contributed by atoms with Gasteiger partial charge in [-0.2, -0.15) is 10.4 Å². The lowest BCUT2D eigenvalue weighted by molar-refractivity contribution is 0.695. The largest absolute Gasteiger partial charge is 0.306 e. The highest BCUT2D eigenvalue weighted by Gasteiger charge is 2.15. The molecule has 0 atom stereocenters. The van der Waals surface area contributed by atoms with Crippen molar-refractivity contribution in [1.29, 1.82) is 5.26 Å². The van der Waals surface area contributed by atoms with Crippen LogP contribution in [0.5, 0.6) is 0 Å². The van der Waals surface area contributed by atoms with Gasteiger partial charge in [0.1, 0.15) is 11.2 Å². The number of aryl methyl sites for hydroxylation is 1. The summed E-state index contributed by atoms with van der Waals surface area (Å²) in [5.74, 6) is 0.469. The molecule has 0 spiro atoms. The number of nitriles is 1. The van der Waals surface area contributed by atoms with Gasteiger partial charge in [-0.05, 0) is 36.8 Å². The van der Waals surface area contributed by atoms with Crippen LogP contribution in [0.1, 0.15) is 16.8 Å². The van der Waals surface area contributed by atoms with E-state index in [9.17, 15) is 4.79 Å². The molecule has 0 unspecified atom stereocenters. The minimum atomic E-state index is -0.226. The second kappa shape index (κ2) is 6.26. The fourth-order valence-corrected chi connectivity index (χ4v) is 2.92. The molecule has 3 heterocycles. The molecule has 0 amide bonds. The van der Waals surface area contributed by atoms with E-state index in [2.05, 4.69) is 26.1 Å². The molecule has 7 nitrogen and oxygen atoms in total. The predicted octanol–water partition coefficient (Wildman–Crippen LogP) is 2.41. The van der Waals surface area contributed by atoms with Crippen LogP contribution in [0.15, 0.2) is 53.6 Å². The summed E-state index contributed by atoms with van der Waals surface area (Å²) in [7, 11) is 0. The third-order valence-electron chi connectivity index (χ3n) is 4.12. The number of nitrogens with zero attached hydrogens (tertiary/aromatic N) is 5. The Labute approximate surface area is 148 Å². The van der Waals surface area contributed by atoms with Crippen LogP contribution in [-0.4, -0.2) is 24.7 Å². The molecule has 0 aliphatic heterocycles. The highest BCUT2D eigenvalue weighted by atomic mass is 16.1. The normalized spacial score (nSPS) is 10.8. The summed E-state index contributed by atoms with van der Waals surface area (Å²) in [5, 5.41) is 14.0. The van der Waals surface area contributed by atoms with Crippen molar-refractivity contribution in [3.63, 3.8) is 0 Å². The number of hydrogen-bond donors (Lipinski definition) is 1. The first kappa shape index (κ1) is 15.7. The monoisotopic (exact) mass is 342 g/mol. The summed E-state index contributed by atoms with van der Waals surface area (Å²) in [6.45, 7) is 2.21. The van der Waals surface area contributed by atoms with Gasteiger partial charge in [-0.3, -0.25) is 9.78 Å². The van der Waals surface area contributed by atoms with Gasteiger partial charge in [0.05, 0.1) is 23.9 Å². The van der Waals surface area contributed by atoms with E-state index in [1.807, 2.05) is 12.1 Å². The second-order valence-corrected chi connectivity index (χ2v) is 5.90. The fraction of sp³-hybridized carbons (Fsp3) is 0.105. The number of aromatic nitrogens is 5. The number of benzene rings is 1. The van der Waals surface area contributed by atoms with E-state index in [1.165, 1.54) is 0 Å². The first-order chi connectivity index (χ1) is 12.7. The Morgan fingerprint density at radius 1 is 1.23 bits per heavy atom. The molecule has 1 aromatic carbocycles. The van der Waals surface area contributed by atoms with Crippen LogP contribution in [0.3, 0.4) is 0 Å². The summed E-state index contributed by atoms with van der Waals surface area (Å²) in [5.41, 5.74) is 3.18. The zero-order valence-electron chi connectivity index (χ0n) is 14.0. The maximum atomic E-state index is 12.6. The number of rotatable bonds is 3. The van der Waals surface area contributed by atoms with Crippen molar-refractivity contribution in [2.24, 2.45) is 0 Å². The van der Waals surface area contributed by atoms with Crippen molar-refractivity contribution in [2.75, 3.05) is 0 Å². The summed E-state index contributed by atoms with van der Waals surface area (Å²) in [6, 6.07) is 13.0. The van der Waals surface area contributed by atoms with E-state index < -0.39 is 0 Å². The minimum Gasteiger partial charge on any atom is -0.306 e. The smallest absolute Gasteiger partial charge is 0.262 e. The zero-order valence-corrected chi connectivity index (χ0v) is 14.0. The minimum absolute atomic E-state index is 0.226. The van der Waals surface area contributed by atoms with Gasteiger partial charge >= 0.3 is 0 Å². The molecule has 0 aliphatic carbocycles. The van der Waals surface area contributed by atoms with Gasteiger partial charge in [0.2, 0.25) is 0 Å². The molecule has 26 heavy (non-hydrogen) atoms. The van der Waals surface area contributed by atoms with E-state index in [-0.39, 0.29) is 5.56 Å². The molecule has 0 aliphatic rings. The molecule has 0 saturated carbocycles. The van der Waals surface area contributed by atoms with Gasteiger partial charge in [0.25, 0.3) is 5.56 Å². The average Bonchev–Trinajstić information content (AvgIpc) is 2.98. The van der Waals surface area contributed by atoms with E-state index in [1.54, 1.807) is 48.3 Å². The number of aromatic amines is 1. The van der Waals surface area contributed by atoms with Gasteiger partial charge in [0.15, 0.2) is 5.65 Å². The summed E-state index contributed by atoms with van der Waals surface area (Å²) >= 11 is 0. The first-order valence-electron chi connectivity index (χ1n) is 8.02. The summed E-state index contributed by atoms with van der Waals surface area (Å²) in [6.07, 6.45) is 3.30. The van der Waals surface area contributed by atoms with Crippen LogP contribution in [-0.2, 0) is 6.54 Å². The molecule has 126 valence electrons. The first-order valence-corrected chi connectivity index (χ1v) is 8.02. The zero-order chi connectivity index (χ0) is 18.1. The van der Waals surface area contributed by atoms with Crippen LogP contribution in [0.4, 0.5) is 0 Å². The van der Waals surface area contributed by atoms with E-state index >= 15 is 0 Å². The Balaban J connectivity index is 1.86. The molecule has 1 N–H and O–H groups in total. The fourth-order valence-electron chi connectivity index (χ4n) is 2.92. The van der Waals surface area contributed by atoms with Crippen molar-refractivity contribution in [3.05, 3.63) is 76.0 Å². The lowest BCUT2D eigenvalue weighted by atomic mass is 10.1. The number of pyridine rings is 1. The van der Waals surface area contributed by atoms with Crippen molar-refractivity contribution < 1.29 is 0 Å². The lowest BCUT2D eigenvalue weighted by Crippen LogP contribution is -2.11. The van der Waals surface area contributed by atoms with Crippen molar-refractivity contribution >= 4 is 11.0 Å². The van der Waals surface area contributed by atoms with Crippen molar-refractivity contribution in [1.82, 2.24) is 24.7 Å². The van der Waals surface area contributed by atoms with Crippen LogP contribution in [0.2, 0.25) is 0 Å². The van der Waals surface area contributed by atoms with Crippen molar-refractivity contribution in [2.45, 2.75) is 13.5 Å². The molecule has 3 aromatic heterocycles. The van der Waals surface area contributed by atoms with Gasteiger partial charge in [-0.1, -0.05) is 12.1 Å². The molecule has 4 rings (SSSR count). The second-order valence-electron chi connectivity index (χ2n) is 5.90. The molecular formula is C19H14N6O. The molecule has 0 saturated heterocycles. The Hall–Kier alpha value is -3.79. The third kappa shape index (κ3) is 2.74. The van der Waals surface area contributed by atoms with E-state index in [0.717, 1.165) is 11.1 Å². The Bertz CT molecular complexity index is 1200. The molecule has 0 fully saturated rings. The maximum Gasteiger partial charge on any atom is 0.262 e. The Kier molecular flexibility index (Phi) is 3.78. The molecular weight excluding hydrogens is 328 g/mol. The highest BCUT2D eigenvalue weighted by molar-refractivity contribution is 5.79. The van der Waals surface area contributed by atoms with Crippen LogP contribution in [0, 0.1) is 18.3 Å². The van der Waals surface area contributed by atoms with Crippen LogP contribution < -0.4 is 5.56 Å². The number of H-pyrrole nitrogens is 1. The Morgan fingerprint density at radius 2 is 2.04 bits per heavy atom. The van der Waals surface area contributed by atoms with Crippen LogP contribution >= 0.6 is 0 Å². The van der Waals surface area contributed by atoms with Crippen molar-refractivity contribution in [3.8, 4) is 17.5 Å². The molecule has 0 radical (unpaired) electrons. The molecule has 0 bridgehead atoms. The van der Waals surface area contributed by atoms with E-state index in [4.69, 9.17) is 5.26 Å². The summed E-state index contributed by atoms with van der Waals surface area (Å²) < 4.78 is 1.70. The Morgan fingerprint density at radius 3 is 2.81 bits per heavy atom. The predicted molar refractivity (Wildman–Crippen MR) is 96.4 cm³/mol. The number of fused-ring (bicyclic) bond motifs is 1. The quantitative estimate of drug-likeness (QED) is 0.616. The van der Waals surface area contributed by atoms with Gasteiger partial charge in [-0.15, -0.1) is 0 Å². The number of nitrogens with one attached hydrogen (secondary N) is 1. The molecule has 7 heteroatoms. The van der Waals surface area contributed by atoms with Gasteiger partial charge in [-0.25, -0.2) is 9.67 Å². The van der Waals surface area contributed by atoms with Crippen LogP contribution in [0.25, 0.3) is 22.4 Å². The SMILES string of the molecule is Cc1nn(Cc2cccc(C#N)c2)c2nc(-c3ccncc3)[nH]c(=O)c12. The van der Waals surface area contributed by atoms with Gasteiger partial charge < -0.3 is 4.98 Å². The van der Waals surface area contributed by atoms with E-state index in [0.29, 0.717) is 34.7 Å². The topological polar surface area (TPSA) is 100 Å². The van der Waals surface area contributed by atoms with Gasteiger partial charge in [0, 0.05) is 18.0 Å². The standard InChI is InChI=1S/C19H14N6O/c1-12-16-18(22-17(23-19(16)26)15-5-7-21-8-6-15)25(24-12)11-14-4-2-3-13(9-14)10-20/h2-9H,11H2,1H3,(H,22,23,26). The maximum absolute atomic E-state index is 12.6.